The Labute approximate surface area is 107 Å². The van der Waals surface area contributed by atoms with Crippen LogP contribution in [0.4, 0.5) is 0 Å². The van der Waals surface area contributed by atoms with E-state index < -0.39 is 10.0 Å². The average molecular weight is 271 g/mol. The van der Waals surface area contributed by atoms with E-state index in [0.29, 0.717) is 5.75 Å². The third-order valence-electron chi connectivity index (χ3n) is 2.99. The molecule has 1 fully saturated rings. The lowest BCUT2D eigenvalue weighted by molar-refractivity contribution is 0.0223. The fraction of sp³-hybridized carbons (Fsp3) is 0.500. The van der Waals surface area contributed by atoms with Crippen molar-refractivity contribution in [3.8, 4) is 5.75 Å². The molecule has 100 valence electrons. The van der Waals surface area contributed by atoms with Gasteiger partial charge in [-0.25, -0.2) is 8.42 Å². The summed E-state index contributed by atoms with van der Waals surface area (Å²) in [6.07, 6.45) is 3.94. The zero-order valence-electron chi connectivity index (χ0n) is 10.3. The SMILES string of the molecule is COc1ccccc1S(=O)(=O)NOC1CCCC1. The van der Waals surface area contributed by atoms with Crippen LogP contribution in [0.2, 0.25) is 0 Å². The van der Waals surface area contributed by atoms with Crippen LogP contribution in [-0.2, 0) is 14.9 Å². The molecule has 1 saturated carbocycles. The van der Waals surface area contributed by atoms with Crippen LogP contribution in [0.1, 0.15) is 25.7 Å². The van der Waals surface area contributed by atoms with Gasteiger partial charge in [-0.05, 0) is 25.0 Å². The second-order valence-corrected chi connectivity index (χ2v) is 5.88. The predicted molar refractivity (Wildman–Crippen MR) is 66.7 cm³/mol. The van der Waals surface area contributed by atoms with Crippen molar-refractivity contribution in [1.82, 2.24) is 4.89 Å². The van der Waals surface area contributed by atoms with Gasteiger partial charge in [-0.15, -0.1) is 0 Å². The Hall–Kier alpha value is -1.11. The van der Waals surface area contributed by atoms with Crippen LogP contribution in [0.3, 0.4) is 0 Å². The molecule has 0 spiro atoms. The molecule has 0 aromatic heterocycles. The summed E-state index contributed by atoms with van der Waals surface area (Å²) in [6, 6.07) is 6.45. The summed E-state index contributed by atoms with van der Waals surface area (Å²) in [5.41, 5.74) is 0. The van der Waals surface area contributed by atoms with Gasteiger partial charge >= 0.3 is 0 Å². The molecule has 6 heteroatoms. The number of hydrogen-bond donors (Lipinski definition) is 1. The normalized spacial score (nSPS) is 16.9. The van der Waals surface area contributed by atoms with E-state index in [-0.39, 0.29) is 11.0 Å². The Kier molecular flexibility index (Phi) is 4.21. The van der Waals surface area contributed by atoms with Crippen LogP contribution in [0.15, 0.2) is 29.2 Å². The monoisotopic (exact) mass is 271 g/mol. The van der Waals surface area contributed by atoms with E-state index in [0.717, 1.165) is 25.7 Å². The first kappa shape index (κ1) is 13.3. The van der Waals surface area contributed by atoms with Crippen LogP contribution in [-0.4, -0.2) is 21.6 Å². The van der Waals surface area contributed by atoms with Crippen LogP contribution in [0, 0.1) is 0 Å². The summed E-state index contributed by atoms with van der Waals surface area (Å²) in [7, 11) is -2.25. The zero-order chi connectivity index (χ0) is 13.0. The third kappa shape index (κ3) is 3.01. The predicted octanol–water partition coefficient (Wildman–Crippen LogP) is 1.85. The Balaban J connectivity index is 2.09. The highest BCUT2D eigenvalue weighted by atomic mass is 32.2. The van der Waals surface area contributed by atoms with Crippen LogP contribution < -0.4 is 9.62 Å². The van der Waals surface area contributed by atoms with Crippen LogP contribution >= 0.6 is 0 Å². The first-order valence-corrected chi connectivity index (χ1v) is 7.42. The van der Waals surface area contributed by atoms with Gasteiger partial charge in [-0.3, -0.25) is 4.84 Å². The number of benzene rings is 1. The second-order valence-electron chi connectivity index (χ2n) is 4.26. The molecule has 1 aliphatic rings. The van der Waals surface area contributed by atoms with Crippen LogP contribution in [0.25, 0.3) is 0 Å². The molecule has 0 heterocycles. The fourth-order valence-electron chi connectivity index (χ4n) is 2.02. The minimum Gasteiger partial charge on any atom is -0.495 e. The molecule has 0 amide bonds. The lowest BCUT2D eigenvalue weighted by Gasteiger charge is -2.13. The molecule has 0 radical (unpaired) electrons. The lowest BCUT2D eigenvalue weighted by Crippen LogP contribution is -2.28. The average Bonchev–Trinajstić information content (AvgIpc) is 2.89. The molecule has 0 saturated heterocycles. The zero-order valence-corrected chi connectivity index (χ0v) is 11.1. The number of rotatable bonds is 5. The van der Waals surface area contributed by atoms with Gasteiger partial charge in [0.15, 0.2) is 0 Å². The molecule has 0 bridgehead atoms. The highest BCUT2D eigenvalue weighted by Crippen LogP contribution is 2.24. The summed E-state index contributed by atoms with van der Waals surface area (Å²) in [5, 5.41) is 0. The van der Waals surface area contributed by atoms with Crippen molar-refractivity contribution in [2.75, 3.05) is 7.11 Å². The van der Waals surface area contributed by atoms with Crippen molar-refractivity contribution in [2.24, 2.45) is 0 Å². The number of ether oxygens (including phenoxy) is 1. The number of para-hydroxylation sites is 1. The molecule has 18 heavy (non-hydrogen) atoms. The van der Waals surface area contributed by atoms with Crippen molar-refractivity contribution in [3.05, 3.63) is 24.3 Å². The van der Waals surface area contributed by atoms with Gasteiger partial charge in [0, 0.05) is 0 Å². The van der Waals surface area contributed by atoms with E-state index in [1.165, 1.54) is 13.2 Å². The molecular weight excluding hydrogens is 254 g/mol. The van der Waals surface area contributed by atoms with Crippen molar-refractivity contribution < 1.29 is 18.0 Å². The summed E-state index contributed by atoms with van der Waals surface area (Å²) in [4.78, 5) is 7.50. The molecule has 0 atom stereocenters. The van der Waals surface area contributed by atoms with Gasteiger partial charge in [0.2, 0.25) is 0 Å². The molecule has 2 rings (SSSR count). The fourth-order valence-corrected chi connectivity index (χ4v) is 3.05. The number of sulfonamides is 1. The smallest absolute Gasteiger partial charge is 0.266 e. The van der Waals surface area contributed by atoms with Crippen LogP contribution in [0.5, 0.6) is 5.75 Å². The van der Waals surface area contributed by atoms with Crippen molar-refractivity contribution in [1.29, 1.82) is 0 Å². The summed E-state index contributed by atoms with van der Waals surface area (Å²) in [5.74, 6) is 0.306. The third-order valence-corrected chi connectivity index (χ3v) is 4.22. The van der Waals surface area contributed by atoms with Gasteiger partial charge in [0.1, 0.15) is 10.6 Å². The Bertz CT molecular complexity index is 495. The number of hydrogen-bond acceptors (Lipinski definition) is 4. The standard InChI is InChI=1S/C12H17NO4S/c1-16-11-8-4-5-9-12(11)18(14,15)13-17-10-6-2-3-7-10/h4-5,8-10,13H,2-3,6-7H2,1H3. The molecule has 1 aromatic carbocycles. The highest BCUT2D eigenvalue weighted by molar-refractivity contribution is 7.89. The lowest BCUT2D eigenvalue weighted by atomic mass is 10.3. The van der Waals surface area contributed by atoms with Crippen molar-refractivity contribution in [3.63, 3.8) is 0 Å². The highest BCUT2D eigenvalue weighted by Gasteiger charge is 2.22. The van der Waals surface area contributed by atoms with E-state index in [1.54, 1.807) is 18.2 Å². The topological polar surface area (TPSA) is 64.6 Å². The maximum absolute atomic E-state index is 12.1. The number of methoxy groups -OCH3 is 1. The Morgan fingerprint density at radius 3 is 2.56 bits per heavy atom. The largest absolute Gasteiger partial charge is 0.495 e. The molecule has 0 unspecified atom stereocenters. The first-order valence-electron chi connectivity index (χ1n) is 5.94. The summed E-state index contributed by atoms with van der Waals surface area (Å²) < 4.78 is 29.1. The molecule has 0 aliphatic heterocycles. The molecular formula is C12H17NO4S. The van der Waals surface area contributed by atoms with E-state index >= 15 is 0 Å². The minimum atomic E-state index is -3.69. The molecule has 1 N–H and O–H groups in total. The van der Waals surface area contributed by atoms with E-state index in [4.69, 9.17) is 9.57 Å². The van der Waals surface area contributed by atoms with E-state index in [1.807, 2.05) is 0 Å². The van der Waals surface area contributed by atoms with Crippen molar-refractivity contribution >= 4 is 10.0 Å². The summed E-state index contributed by atoms with van der Waals surface area (Å²) >= 11 is 0. The first-order chi connectivity index (χ1) is 8.63. The maximum atomic E-state index is 12.1. The molecule has 1 aliphatic carbocycles. The van der Waals surface area contributed by atoms with Gasteiger partial charge in [-0.1, -0.05) is 29.9 Å². The van der Waals surface area contributed by atoms with Gasteiger partial charge in [0.05, 0.1) is 13.2 Å². The Morgan fingerprint density at radius 1 is 1.22 bits per heavy atom. The Morgan fingerprint density at radius 2 is 1.89 bits per heavy atom. The van der Waals surface area contributed by atoms with E-state index in [9.17, 15) is 8.42 Å². The van der Waals surface area contributed by atoms with E-state index in [2.05, 4.69) is 4.89 Å². The van der Waals surface area contributed by atoms with Gasteiger partial charge < -0.3 is 4.74 Å². The van der Waals surface area contributed by atoms with Gasteiger partial charge in [-0.2, -0.15) is 0 Å². The summed E-state index contributed by atoms with van der Waals surface area (Å²) in [6.45, 7) is 0. The molecule has 5 nitrogen and oxygen atoms in total. The molecule has 1 aromatic rings. The van der Waals surface area contributed by atoms with Crippen molar-refractivity contribution in [2.45, 2.75) is 36.7 Å². The minimum absolute atomic E-state index is 0.0190. The quantitative estimate of drug-likeness (QED) is 0.830. The second kappa shape index (κ2) is 5.69. The number of nitrogens with one attached hydrogen (secondary N) is 1. The van der Waals surface area contributed by atoms with Gasteiger partial charge in [0.25, 0.3) is 10.0 Å². The maximum Gasteiger partial charge on any atom is 0.266 e.